The van der Waals surface area contributed by atoms with Gasteiger partial charge in [0.05, 0.1) is 6.61 Å². The second-order valence-electron chi connectivity index (χ2n) is 5.57. The van der Waals surface area contributed by atoms with Crippen LogP contribution in [0.5, 0.6) is 11.5 Å². The minimum absolute atomic E-state index is 0.0575. The molecule has 1 N–H and O–H groups in total. The molecule has 2 aromatic carbocycles. The monoisotopic (exact) mass is 407 g/mol. The fourth-order valence-electron chi connectivity index (χ4n) is 2.37. The maximum Gasteiger partial charge on any atom is 0.262 e. The number of rotatable bonds is 8. The molecule has 6 heteroatoms. The van der Waals surface area contributed by atoms with Gasteiger partial charge in [0.25, 0.3) is 5.91 Å². The standard InChI is InChI=1S/C19H22BrNO4/c1-13-9-15(20)10-14(2)19(13)25-12-18(22)21-16-5-4-6-17(11-16)24-8-7-23-3/h4-6,9-11H,7-8,12H2,1-3H3,(H,21,22). The number of aryl methyl sites for hydroxylation is 2. The van der Waals surface area contributed by atoms with Crippen molar-refractivity contribution in [3.63, 3.8) is 0 Å². The molecule has 0 aliphatic rings. The molecule has 134 valence electrons. The third kappa shape index (κ3) is 6.07. The number of halogens is 1. The summed E-state index contributed by atoms with van der Waals surface area (Å²) in [7, 11) is 1.62. The lowest BCUT2D eigenvalue weighted by Gasteiger charge is -2.13. The number of nitrogens with one attached hydrogen (secondary N) is 1. The molecule has 2 rings (SSSR count). The van der Waals surface area contributed by atoms with Gasteiger partial charge >= 0.3 is 0 Å². The van der Waals surface area contributed by atoms with Gasteiger partial charge in [0, 0.05) is 23.3 Å². The maximum absolute atomic E-state index is 12.1. The number of methoxy groups -OCH3 is 1. The summed E-state index contributed by atoms with van der Waals surface area (Å²) in [5, 5.41) is 2.81. The molecule has 0 unspecified atom stereocenters. The molecule has 25 heavy (non-hydrogen) atoms. The predicted molar refractivity (Wildman–Crippen MR) is 102 cm³/mol. The smallest absolute Gasteiger partial charge is 0.262 e. The third-order valence-electron chi connectivity index (χ3n) is 3.45. The summed E-state index contributed by atoms with van der Waals surface area (Å²) in [6, 6.07) is 11.1. The van der Waals surface area contributed by atoms with Gasteiger partial charge in [-0.3, -0.25) is 4.79 Å². The van der Waals surface area contributed by atoms with Crippen molar-refractivity contribution in [3.05, 3.63) is 52.0 Å². The van der Waals surface area contributed by atoms with Crippen molar-refractivity contribution < 1.29 is 19.0 Å². The second kappa shape index (κ2) is 9.44. The molecule has 0 fully saturated rings. The SMILES string of the molecule is COCCOc1cccc(NC(=O)COc2c(C)cc(Br)cc2C)c1. The third-order valence-corrected chi connectivity index (χ3v) is 3.90. The van der Waals surface area contributed by atoms with E-state index in [9.17, 15) is 4.79 Å². The Morgan fingerprint density at radius 2 is 1.80 bits per heavy atom. The van der Waals surface area contributed by atoms with Gasteiger partial charge in [-0.25, -0.2) is 0 Å². The molecule has 5 nitrogen and oxygen atoms in total. The minimum atomic E-state index is -0.226. The van der Waals surface area contributed by atoms with Crippen LogP contribution in [0, 0.1) is 13.8 Å². The molecular formula is C19H22BrNO4. The Balaban J connectivity index is 1.91. The van der Waals surface area contributed by atoms with E-state index in [0.29, 0.717) is 24.7 Å². The summed E-state index contributed by atoms with van der Waals surface area (Å²) in [6.45, 7) is 4.81. The summed E-state index contributed by atoms with van der Waals surface area (Å²) in [6.07, 6.45) is 0. The Bertz CT molecular complexity index is 710. The van der Waals surface area contributed by atoms with Gasteiger partial charge in [-0.2, -0.15) is 0 Å². The molecule has 1 amide bonds. The number of carbonyl (C=O) groups excluding carboxylic acids is 1. The van der Waals surface area contributed by atoms with Crippen LogP contribution in [0.2, 0.25) is 0 Å². The van der Waals surface area contributed by atoms with Crippen LogP contribution in [-0.2, 0) is 9.53 Å². The quantitative estimate of drug-likeness (QED) is 0.668. The molecule has 0 aliphatic carbocycles. The summed E-state index contributed by atoms with van der Waals surface area (Å²) < 4.78 is 17.1. The molecule has 0 aromatic heterocycles. The highest BCUT2D eigenvalue weighted by atomic mass is 79.9. The van der Waals surface area contributed by atoms with Crippen molar-refractivity contribution in [1.82, 2.24) is 0 Å². The fraction of sp³-hybridized carbons (Fsp3) is 0.316. The Labute approximate surface area is 156 Å². The minimum Gasteiger partial charge on any atom is -0.491 e. The van der Waals surface area contributed by atoms with Crippen molar-refractivity contribution in [2.24, 2.45) is 0 Å². The van der Waals surface area contributed by atoms with Crippen molar-refractivity contribution in [1.29, 1.82) is 0 Å². The van der Waals surface area contributed by atoms with E-state index < -0.39 is 0 Å². The highest BCUT2D eigenvalue weighted by Crippen LogP contribution is 2.27. The first-order chi connectivity index (χ1) is 12.0. The summed E-state index contributed by atoms with van der Waals surface area (Å²) in [5.74, 6) is 1.18. The Kier molecular flexibility index (Phi) is 7.28. The van der Waals surface area contributed by atoms with Crippen molar-refractivity contribution in [3.8, 4) is 11.5 Å². The Morgan fingerprint density at radius 1 is 1.08 bits per heavy atom. The molecule has 2 aromatic rings. The van der Waals surface area contributed by atoms with Gasteiger partial charge in [0.2, 0.25) is 0 Å². The number of carbonyl (C=O) groups is 1. The fourth-order valence-corrected chi connectivity index (χ4v) is 3.05. The van der Waals surface area contributed by atoms with Crippen LogP contribution in [0.1, 0.15) is 11.1 Å². The number of hydrogen-bond donors (Lipinski definition) is 1. The highest BCUT2D eigenvalue weighted by Gasteiger charge is 2.09. The Hall–Kier alpha value is -2.05. The van der Waals surface area contributed by atoms with Crippen molar-refractivity contribution >= 4 is 27.5 Å². The van der Waals surface area contributed by atoms with E-state index in [1.807, 2.05) is 38.1 Å². The topological polar surface area (TPSA) is 56.8 Å². The molecular weight excluding hydrogens is 386 g/mol. The van der Waals surface area contributed by atoms with Gasteiger partial charge < -0.3 is 19.5 Å². The van der Waals surface area contributed by atoms with E-state index >= 15 is 0 Å². The normalized spacial score (nSPS) is 10.4. The van der Waals surface area contributed by atoms with Crippen molar-refractivity contribution in [2.45, 2.75) is 13.8 Å². The maximum atomic E-state index is 12.1. The predicted octanol–water partition coefficient (Wildman–Crippen LogP) is 4.11. The van der Waals surface area contributed by atoms with E-state index in [1.165, 1.54) is 0 Å². The number of hydrogen-bond acceptors (Lipinski definition) is 4. The number of amides is 1. The van der Waals surface area contributed by atoms with Gasteiger partial charge in [0.1, 0.15) is 18.1 Å². The molecule has 0 atom stereocenters. The van der Waals surface area contributed by atoms with Crippen LogP contribution >= 0.6 is 15.9 Å². The van der Waals surface area contributed by atoms with Crippen LogP contribution in [-0.4, -0.2) is 32.8 Å². The molecule has 0 saturated carbocycles. The molecule has 0 saturated heterocycles. The van der Waals surface area contributed by atoms with E-state index in [2.05, 4.69) is 21.2 Å². The number of anilines is 1. The summed E-state index contributed by atoms with van der Waals surface area (Å²) in [4.78, 5) is 12.1. The van der Waals surface area contributed by atoms with Crippen LogP contribution in [0.15, 0.2) is 40.9 Å². The average molecular weight is 408 g/mol. The van der Waals surface area contributed by atoms with E-state index in [-0.39, 0.29) is 12.5 Å². The van der Waals surface area contributed by atoms with Crippen LogP contribution in [0.3, 0.4) is 0 Å². The second-order valence-corrected chi connectivity index (χ2v) is 6.49. The summed E-state index contributed by atoms with van der Waals surface area (Å²) >= 11 is 3.45. The average Bonchev–Trinajstić information content (AvgIpc) is 2.54. The van der Waals surface area contributed by atoms with E-state index in [0.717, 1.165) is 21.3 Å². The molecule has 0 heterocycles. The molecule has 0 bridgehead atoms. The highest BCUT2D eigenvalue weighted by molar-refractivity contribution is 9.10. The zero-order chi connectivity index (χ0) is 18.2. The van der Waals surface area contributed by atoms with Crippen LogP contribution in [0.4, 0.5) is 5.69 Å². The lowest BCUT2D eigenvalue weighted by molar-refractivity contribution is -0.118. The first-order valence-electron chi connectivity index (χ1n) is 7.91. The zero-order valence-corrected chi connectivity index (χ0v) is 16.2. The lowest BCUT2D eigenvalue weighted by Crippen LogP contribution is -2.20. The van der Waals surface area contributed by atoms with Crippen molar-refractivity contribution in [2.75, 3.05) is 32.2 Å². The summed E-state index contributed by atoms with van der Waals surface area (Å²) in [5.41, 5.74) is 2.62. The van der Waals surface area contributed by atoms with Crippen LogP contribution < -0.4 is 14.8 Å². The van der Waals surface area contributed by atoms with Gasteiger partial charge in [-0.1, -0.05) is 22.0 Å². The van der Waals surface area contributed by atoms with E-state index in [4.69, 9.17) is 14.2 Å². The first kappa shape index (κ1) is 19.3. The Morgan fingerprint density at radius 3 is 2.48 bits per heavy atom. The van der Waals surface area contributed by atoms with Gasteiger partial charge in [0.15, 0.2) is 6.61 Å². The van der Waals surface area contributed by atoms with E-state index in [1.54, 1.807) is 19.2 Å². The first-order valence-corrected chi connectivity index (χ1v) is 8.70. The van der Waals surface area contributed by atoms with Gasteiger partial charge in [-0.05, 0) is 49.2 Å². The lowest BCUT2D eigenvalue weighted by atomic mass is 10.1. The molecule has 0 radical (unpaired) electrons. The zero-order valence-electron chi connectivity index (χ0n) is 14.6. The van der Waals surface area contributed by atoms with Gasteiger partial charge in [-0.15, -0.1) is 0 Å². The molecule has 0 spiro atoms. The number of ether oxygens (including phenoxy) is 3. The van der Waals surface area contributed by atoms with Crippen LogP contribution in [0.25, 0.3) is 0 Å². The molecule has 0 aliphatic heterocycles. The number of benzene rings is 2. The largest absolute Gasteiger partial charge is 0.491 e.